The van der Waals surface area contributed by atoms with Crippen molar-refractivity contribution in [2.45, 2.75) is 37.1 Å². The molecule has 33 heavy (non-hydrogen) atoms. The molecule has 4 nitrogen and oxygen atoms in total. The van der Waals surface area contributed by atoms with Gasteiger partial charge in [0.2, 0.25) is 5.91 Å². The van der Waals surface area contributed by atoms with E-state index in [0.29, 0.717) is 23.6 Å². The molecule has 0 radical (unpaired) electrons. The fourth-order valence-corrected chi connectivity index (χ4v) is 5.14. The highest BCUT2D eigenvalue weighted by Gasteiger charge is 2.53. The van der Waals surface area contributed by atoms with Gasteiger partial charge >= 0.3 is 6.18 Å². The molecule has 0 unspecified atom stereocenters. The lowest BCUT2D eigenvalue weighted by molar-refractivity contribution is -0.141. The highest BCUT2D eigenvalue weighted by atomic mass is 35.5. The molecule has 5 rings (SSSR count). The summed E-state index contributed by atoms with van der Waals surface area (Å²) in [5.41, 5.74) is 1.57. The molecule has 2 fully saturated rings. The molecule has 2 saturated heterocycles. The largest absolute Gasteiger partial charge is 0.433 e. The van der Waals surface area contributed by atoms with Crippen molar-refractivity contribution in [1.82, 2.24) is 4.98 Å². The fourth-order valence-electron chi connectivity index (χ4n) is 4.85. The molecule has 3 aromatic rings. The number of nitrogens with zero attached hydrogens (tertiary/aromatic N) is 1. The van der Waals surface area contributed by atoms with E-state index in [2.05, 4.69) is 10.3 Å². The minimum atomic E-state index is -4.55. The Labute approximate surface area is 193 Å². The van der Waals surface area contributed by atoms with Gasteiger partial charge in [-0.3, -0.25) is 4.79 Å². The average Bonchev–Trinajstić information content (AvgIpc) is 3.41. The predicted octanol–water partition coefficient (Wildman–Crippen LogP) is 6.32. The highest BCUT2D eigenvalue weighted by Crippen LogP contribution is 2.49. The van der Waals surface area contributed by atoms with Crippen LogP contribution in [0.15, 0.2) is 66.7 Å². The molecule has 170 valence electrons. The van der Waals surface area contributed by atoms with Crippen molar-refractivity contribution < 1.29 is 22.7 Å². The summed E-state index contributed by atoms with van der Waals surface area (Å²) in [5.74, 6) is -1.48. The molecule has 1 aromatic heterocycles. The first-order valence-electron chi connectivity index (χ1n) is 10.7. The van der Waals surface area contributed by atoms with Crippen molar-refractivity contribution in [2.75, 3.05) is 5.32 Å². The molecule has 8 heteroatoms. The van der Waals surface area contributed by atoms with Gasteiger partial charge in [0.1, 0.15) is 5.69 Å². The molecule has 2 aliphatic heterocycles. The summed E-state index contributed by atoms with van der Waals surface area (Å²) >= 11 is 6.46. The molecule has 3 heterocycles. The number of alkyl halides is 3. The number of fused-ring (bicyclic) bond motifs is 2. The number of nitrogens with one attached hydrogen (secondary N) is 1. The summed E-state index contributed by atoms with van der Waals surface area (Å²) in [6, 6.07) is 18.7. The summed E-state index contributed by atoms with van der Waals surface area (Å²) < 4.78 is 45.5. The number of anilines is 1. The van der Waals surface area contributed by atoms with E-state index in [4.69, 9.17) is 16.3 Å². The number of hydrogen-bond acceptors (Lipinski definition) is 3. The number of aromatic nitrogens is 1. The van der Waals surface area contributed by atoms with Gasteiger partial charge in [-0.15, -0.1) is 0 Å². The van der Waals surface area contributed by atoms with Crippen molar-refractivity contribution in [3.05, 3.63) is 83.1 Å². The van der Waals surface area contributed by atoms with E-state index in [1.165, 1.54) is 12.1 Å². The molecule has 0 aliphatic carbocycles. The van der Waals surface area contributed by atoms with E-state index in [1.54, 1.807) is 12.1 Å². The molecule has 2 aliphatic rings. The van der Waals surface area contributed by atoms with Crippen LogP contribution in [0, 0.1) is 5.92 Å². The standard InChI is InChI=1S/C25H20ClF3N2O2/c26-17-13-15(9-10-16(17)14-5-2-1-3-6-14)30-24(32)23-20-12-11-19(33-20)22(23)18-7-4-8-21(31-18)25(27,28)29/h1-10,13,19-20,22-23H,11-12H2,(H,30,32)/t19-,20+,22-,23-/m0/s1. The van der Waals surface area contributed by atoms with E-state index in [1.807, 2.05) is 36.4 Å². The van der Waals surface area contributed by atoms with Gasteiger partial charge < -0.3 is 10.1 Å². The van der Waals surface area contributed by atoms with Crippen LogP contribution in [0.3, 0.4) is 0 Å². The van der Waals surface area contributed by atoms with Crippen LogP contribution in [0.25, 0.3) is 11.1 Å². The lowest BCUT2D eigenvalue weighted by Gasteiger charge is -2.27. The third-order valence-electron chi connectivity index (χ3n) is 6.30. The number of amides is 1. The Bertz CT molecular complexity index is 1190. The first kappa shape index (κ1) is 21.9. The van der Waals surface area contributed by atoms with Crippen LogP contribution in [-0.2, 0) is 15.7 Å². The summed E-state index contributed by atoms with van der Waals surface area (Å²) in [6.07, 6.45) is -3.86. The van der Waals surface area contributed by atoms with Crippen LogP contribution >= 0.6 is 11.6 Å². The van der Waals surface area contributed by atoms with Gasteiger partial charge in [-0.05, 0) is 42.7 Å². The van der Waals surface area contributed by atoms with Gasteiger partial charge in [0.05, 0.1) is 23.1 Å². The van der Waals surface area contributed by atoms with Crippen LogP contribution in [0.4, 0.5) is 18.9 Å². The molecule has 0 saturated carbocycles. The van der Waals surface area contributed by atoms with E-state index in [9.17, 15) is 18.0 Å². The summed E-state index contributed by atoms with van der Waals surface area (Å²) in [6.45, 7) is 0. The maximum absolute atomic E-state index is 13.3. The van der Waals surface area contributed by atoms with Crippen LogP contribution in [0.5, 0.6) is 0 Å². The SMILES string of the molecule is O=C(Nc1ccc(-c2ccccc2)c(Cl)c1)[C@@H]1[C@@H](c2cccc(C(F)(F)F)n2)[C@@H]2CC[C@H]1O2. The van der Waals surface area contributed by atoms with Crippen LogP contribution in [0.2, 0.25) is 5.02 Å². The molecule has 4 atom stereocenters. The van der Waals surface area contributed by atoms with Gasteiger partial charge in [-0.25, -0.2) is 4.98 Å². The quantitative estimate of drug-likeness (QED) is 0.483. The number of hydrogen-bond donors (Lipinski definition) is 1. The van der Waals surface area contributed by atoms with E-state index in [0.717, 1.165) is 17.2 Å². The zero-order chi connectivity index (χ0) is 23.2. The first-order valence-corrected chi connectivity index (χ1v) is 11.0. The number of pyridine rings is 1. The number of halogens is 4. The number of carbonyl (C=O) groups is 1. The molecule has 2 aromatic carbocycles. The van der Waals surface area contributed by atoms with Crippen LogP contribution in [0.1, 0.15) is 30.1 Å². The predicted molar refractivity (Wildman–Crippen MR) is 119 cm³/mol. The Morgan fingerprint density at radius 1 is 1.00 bits per heavy atom. The molecular weight excluding hydrogens is 453 g/mol. The van der Waals surface area contributed by atoms with Crippen molar-refractivity contribution in [3.63, 3.8) is 0 Å². The number of rotatable bonds is 4. The summed E-state index contributed by atoms with van der Waals surface area (Å²) in [4.78, 5) is 17.1. The van der Waals surface area contributed by atoms with Gasteiger partial charge in [0.15, 0.2) is 0 Å². The maximum Gasteiger partial charge on any atom is 0.433 e. The Kier molecular flexibility index (Phi) is 5.62. The summed E-state index contributed by atoms with van der Waals surface area (Å²) in [5, 5.41) is 3.36. The minimum Gasteiger partial charge on any atom is -0.373 e. The van der Waals surface area contributed by atoms with Crippen molar-refractivity contribution in [1.29, 1.82) is 0 Å². The van der Waals surface area contributed by atoms with E-state index < -0.39 is 23.7 Å². The highest BCUT2D eigenvalue weighted by molar-refractivity contribution is 6.33. The lowest BCUT2D eigenvalue weighted by atomic mass is 9.76. The second-order valence-corrected chi connectivity index (χ2v) is 8.74. The van der Waals surface area contributed by atoms with Gasteiger partial charge in [0, 0.05) is 22.9 Å². The monoisotopic (exact) mass is 472 g/mol. The number of carbonyl (C=O) groups excluding carboxylic acids is 1. The van der Waals surface area contributed by atoms with Crippen LogP contribution < -0.4 is 5.32 Å². The molecule has 0 spiro atoms. The molecular formula is C25H20ClF3N2O2. The maximum atomic E-state index is 13.3. The Morgan fingerprint density at radius 3 is 2.48 bits per heavy atom. The zero-order valence-electron chi connectivity index (χ0n) is 17.4. The van der Waals surface area contributed by atoms with Crippen molar-refractivity contribution in [3.8, 4) is 11.1 Å². The van der Waals surface area contributed by atoms with E-state index >= 15 is 0 Å². The average molecular weight is 473 g/mol. The Hall–Kier alpha value is -2.90. The fraction of sp³-hybridized carbons (Fsp3) is 0.280. The van der Waals surface area contributed by atoms with Gasteiger partial charge in [0.25, 0.3) is 0 Å². The molecule has 2 bridgehead atoms. The van der Waals surface area contributed by atoms with Gasteiger partial charge in [-0.2, -0.15) is 13.2 Å². The first-order chi connectivity index (χ1) is 15.8. The topological polar surface area (TPSA) is 51.2 Å². The van der Waals surface area contributed by atoms with E-state index in [-0.39, 0.29) is 23.8 Å². The Morgan fingerprint density at radius 2 is 1.76 bits per heavy atom. The minimum absolute atomic E-state index is 0.231. The second-order valence-electron chi connectivity index (χ2n) is 8.34. The number of ether oxygens (including phenoxy) is 1. The summed E-state index contributed by atoms with van der Waals surface area (Å²) in [7, 11) is 0. The third kappa shape index (κ3) is 4.23. The molecule has 1 N–H and O–H groups in total. The second kappa shape index (κ2) is 8.47. The number of benzene rings is 2. The van der Waals surface area contributed by atoms with Crippen molar-refractivity contribution in [2.24, 2.45) is 5.92 Å². The van der Waals surface area contributed by atoms with Crippen molar-refractivity contribution >= 4 is 23.2 Å². The zero-order valence-corrected chi connectivity index (χ0v) is 18.1. The van der Waals surface area contributed by atoms with Crippen LogP contribution in [-0.4, -0.2) is 23.1 Å². The molecule has 1 amide bonds. The lowest BCUT2D eigenvalue weighted by Crippen LogP contribution is -2.36. The third-order valence-corrected chi connectivity index (χ3v) is 6.61. The van der Waals surface area contributed by atoms with Gasteiger partial charge in [-0.1, -0.05) is 54.1 Å². The smallest absolute Gasteiger partial charge is 0.373 e. The normalized spacial score (nSPS) is 24.1. The Balaban J connectivity index is 1.39.